The lowest BCUT2D eigenvalue weighted by atomic mass is 10.0. The number of aldehydes is 1. The predicted molar refractivity (Wildman–Crippen MR) is 61.0 cm³/mol. The van der Waals surface area contributed by atoms with Crippen molar-refractivity contribution < 1.29 is 4.79 Å². The summed E-state index contributed by atoms with van der Waals surface area (Å²) < 4.78 is 1.18. The van der Waals surface area contributed by atoms with E-state index >= 15 is 0 Å². The molecule has 0 bridgehead atoms. The highest BCUT2D eigenvalue weighted by atomic mass is 32.1. The standard InChI is InChI=1S/C11H11NOS/c1-2-8-9(6-13)10(12)5-7-3-4-14-11(7)8/h3-6H,2,12H2,1H3. The van der Waals surface area contributed by atoms with Crippen LogP contribution in [0, 0.1) is 0 Å². The number of aryl methyl sites for hydroxylation is 1. The van der Waals surface area contributed by atoms with Gasteiger partial charge >= 0.3 is 0 Å². The molecule has 3 heteroatoms. The number of fused-ring (bicyclic) bond motifs is 1. The van der Waals surface area contributed by atoms with Crippen molar-refractivity contribution >= 4 is 33.4 Å². The second kappa shape index (κ2) is 3.42. The molecule has 1 heterocycles. The van der Waals surface area contributed by atoms with Crippen LogP contribution in [0.5, 0.6) is 0 Å². The Morgan fingerprint density at radius 2 is 2.36 bits per heavy atom. The SMILES string of the molecule is CCc1c(C=O)c(N)cc2ccsc12. The molecular weight excluding hydrogens is 194 g/mol. The summed E-state index contributed by atoms with van der Waals surface area (Å²) in [5, 5.41) is 3.16. The first-order chi connectivity index (χ1) is 6.77. The van der Waals surface area contributed by atoms with Crippen molar-refractivity contribution in [2.24, 2.45) is 0 Å². The molecule has 2 nitrogen and oxygen atoms in total. The third kappa shape index (κ3) is 1.21. The molecule has 1 aromatic heterocycles. The molecule has 0 spiro atoms. The maximum absolute atomic E-state index is 10.9. The molecular formula is C11H11NOS. The number of carbonyl (C=O) groups excluding carboxylic acids is 1. The van der Waals surface area contributed by atoms with Crippen molar-refractivity contribution in [3.05, 3.63) is 28.6 Å². The number of nitrogen functional groups attached to an aromatic ring is 1. The molecule has 0 amide bonds. The summed E-state index contributed by atoms with van der Waals surface area (Å²) in [6, 6.07) is 3.90. The van der Waals surface area contributed by atoms with Crippen molar-refractivity contribution in [1.29, 1.82) is 0 Å². The molecule has 0 fully saturated rings. The summed E-state index contributed by atoms with van der Waals surface area (Å²) in [7, 11) is 0. The average molecular weight is 205 g/mol. The van der Waals surface area contributed by atoms with Gasteiger partial charge in [0.15, 0.2) is 6.29 Å². The molecule has 0 aliphatic heterocycles. The van der Waals surface area contributed by atoms with Crippen molar-refractivity contribution in [2.75, 3.05) is 5.73 Å². The third-order valence-electron chi connectivity index (χ3n) is 2.39. The van der Waals surface area contributed by atoms with Gasteiger partial charge in [0.05, 0.1) is 0 Å². The van der Waals surface area contributed by atoms with E-state index in [4.69, 9.17) is 5.73 Å². The molecule has 1 aromatic carbocycles. The smallest absolute Gasteiger partial charge is 0.152 e. The normalized spacial score (nSPS) is 10.6. The summed E-state index contributed by atoms with van der Waals surface area (Å²) in [6.45, 7) is 2.04. The van der Waals surface area contributed by atoms with Crippen LogP contribution in [0.3, 0.4) is 0 Å². The van der Waals surface area contributed by atoms with Crippen LogP contribution in [-0.2, 0) is 6.42 Å². The first-order valence-electron chi connectivity index (χ1n) is 4.51. The summed E-state index contributed by atoms with van der Waals surface area (Å²) in [6.07, 6.45) is 1.70. The number of benzene rings is 1. The fourth-order valence-electron chi connectivity index (χ4n) is 1.71. The Morgan fingerprint density at radius 3 is 3.00 bits per heavy atom. The minimum Gasteiger partial charge on any atom is -0.398 e. The summed E-state index contributed by atoms with van der Waals surface area (Å²) in [5.41, 5.74) is 8.12. The van der Waals surface area contributed by atoms with E-state index in [2.05, 4.69) is 0 Å². The number of carbonyl (C=O) groups is 1. The maximum atomic E-state index is 10.9. The Kier molecular flexibility index (Phi) is 2.25. The van der Waals surface area contributed by atoms with Crippen molar-refractivity contribution in [3.8, 4) is 0 Å². The zero-order valence-corrected chi connectivity index (χ0v) is 8.73. The average Bonchev–Trinajstić information content (AvgIpc) is 2.62. The predicted octanol–water partition coefficient (Wildman–Crippen LogP) is 2.86. The number of rotatable bonds is 2. The highest BCUT2D eigenvalue weighted by Gasteiger charge is 2.10. The van der Waals surface area contributed by atoms with Crippen molar-refractivity contribution in [3.63, 3.8) is 0 Å². The zero-order valence-electron chi connectivity index (χ0n) is 7.91. The first-order valence-corrected chi connectivity index (χ1v) is 5.39. The quantitative estimate of drug-likeness (QED) is 0.605. The van der Waals surface area contributed by atoms with Gasteiger partial charge in [-0.1, -0.05) is 6.92 Å². The molecule has 2 aromatic rings. The molecule has 0 unspecified atom stereocenters. The minimum absolute atomic E-state index is 0.586. The molecule has 0 aliphatic carbocycles. The molecule has 2 rings (SSSR count). The lowest BCUT2D eigenvalue weighted by Crippen LogP contribution is -1.98. The van der Waals surface area contributed by atoms with E-state index in [1.807, 2.05) is 24.4 Å². The molecule has 72 valence electrons. The fraction of sp³-hybridized carbons (Fsp3) is 0.182. The molecule has 0 atom stereocenters. The van der Waals surface area contributed by atoms with E-state index in [9.17, 15) is 4.79 Å². The molecule has 0 radical (unpaired) electrons. The second-order valence-corrected chi connectivity index (χ2v) is 4.08. The van der Waals surface area contributed by atoms with E-state index < -0.39 is 0 Å². The number of anilines is 1. The molecule has 0 aliphatic rings. The van der Waals surface area contributed by atoms with Crippen molar-refractivity contribution in [1.82, 2.24) is 0 Å². The lowest BCUT2D eigenvalue weighted by molar-refractivity contribution is 0.112. The van der Waals surface area contributed by atoms with Crippen molar-refractivity contribution in [2.45, 2.75) is 13.3 Å². The van der Waals surface area contributed by atoms with E-state index in [0.717, 1.165) is 23.7 Å². The van der Waals surface area contributed by atoms with Gasteiger partial charge in [0.2, 0.25) is 0 Å². The number of hydrogen-bond donors (Lipinski definition) is 1. The summed E-state index contributed by atoms with van der Waals surface area (Å²) >= 11 is 1.66. The van der Waals surface area contributed by atoms with Gasteiger partial charge in [-0.3, -0.25) is 4.79 Å². The van der Waals surface area contributed by atoms with Gasteiger partial charge < -0.3 is 5.73 Å². The van der Waals surface area contributed by atoms with Gasteiger partial charge in [-0.05, 0) is 34.9 Å². The van der Waals surface area contributed by atoms with Gasteiger partial charge in [0, 0.05) is 16.0 Å². The van der Waals surface area contributed by atoms with Crippen LogP contribution < -0.4 is 5.73 Å². The Balaban J connectivity index is 2.88. The third-order valence-corrected chi connectivity index (χ3v) is 3.38. The highest BCUT2D eigenvalue weighted by molar-refractivity contribution is 7.17. The highest BCUT2D eigenvalue weighted by Crippen LogP contribution is 2.31. The summed E-state index contributed by atoms with van der Waals surface area (Å²) in [4.78, 5) is 10.9. The van der Waals surface area contributed by atoms with E-state index in [0.29, 0.717) is 11.3 Å². The van der Waals surface area contributed by atoms with E-state index in [1.165, 1.54) is 4.70 Å². The number of thiophene rings is 1. The maximum Gasteiger partial charge on any atom is 0.152 e. The monoisotopic (exact) mass is 205 g/mol. The van der Waals surface area contributed by atoms with Crippen LogP contribution >= 0.6 is 11.3 Å². The van der Waals surface area contributed by atoms with Crippen LogP contribution in [0.15, 0.2) is 17.5 Å². The van der Waals surface area contributed by atoms with E-state index in [-0.39, 0.29) is 0 Å². The van der Waals surface area contributed by atoms with Gasteiger partial charge in [-0.15, -0.1) is 11.3 Å². The molecule has 14 heavy (non-hydrogen) atoms. The Bertz CT molecular complexity index is 487. The van der Waals surface area contributed by atoms with Gasteiger partial charge in [0.1, 0.15) is 0 Å². The fourth-order valence-corrected chi connectivity index (χ4v) is 2.72. The van der Waals surface area contributed by atoms with Crippen LogP contribution in [0.1, 0.15) is 22.8 Å². The van der Waals surface area contributed by atoms with Crippen LogP contribution in [0.2, 0.25) is 0 Å². The minimum atomic E-state index is 0.586. The largest absolute Gasteiger partial charge is 0.398 e. The van der Waals surface area contributed by atoms with E-state index in [1.54, 1.807) is 11.3 Å². The first kappa shape index (κ1) is 9.21. The molecule has 2 N–H and O–H groups in total. The second-order valence-electron chi connectivity index (χ2n) is 3.17. The lowest BCUT2D eigenvalue weighted by Gasteiger charge is -2.06. The molecule has 0 saturated carbocycles. The topological polar surface area (TPSA) is 43.1 Å². The van der Waals surface area contributed by atoms with Crippen LogP contribution in [-0.4, -0.2) is 6.29 Å². The van der Waals surface area contributed by atoms with Gasteiger partial charge in [0.25, 0.3) is 0 Å². The van der Waals surface area contributed by atoms with Crippen LogP contribution in [0.4, 0.5) is 5.69 Å². The van der Waals surface area contributed by atoms with Gasteiger partial charge in [-0.2, -0.15) is 0 Å². The Labute approximate surface area is 86.3 Å². The Morgan fingerprint density at radius 1 is 1.57 bits per heavy atom. The van der Waals surface area contributed by atoms with Gasteiger partial charge in [-0.25, -0.2) is 0 Å². The Hall–Kier alpha value is -1.35. The number of hydrogen-bond acceptors (Lipinski definition) is 3. The number of nitrogens with two attached hydrogens (primary N) is 1. The van der Waals surface area contributed by atoms with Crippen LogP contribution in [0.25, 0.3) is 10.1 Å². The molecule has 0 saturated heterocycles. The summed E-state index contributed by atoms with van der Waals surface area (Å²) in [5.74, 6) is 0. The zero-order chi connectivity index (χ0) is 10.1.